The van der Waals surface area contributed by atoms with E-state index < -0.39 is 69.7 Å². The number of nitrogens with zero attached hydrogens (tertiary/aromatic N) is 1. The number of hydrogen-bond acceptors (Lipinski definition) is 11. The number of carbonyl (C=O) groups is 4. The first-order valence-corrected chi connectivity index (χ1v) is 11.4. The van der Waals surface area contributed by atoms with Crippen LogP contribution in [0.4, 0.5) is 5.69 Å². The Morgan fingerprint density at radius 3 is 2.49 bits per heavy atom. The second-order valence-corrected chi connectivity index (χ2v) is 9.53. The van der Waals surface area contributed by atoms with Gasteiger partial charge in [-0.2, -0.15) is 5.48 Å². The number of aliphatic hydroxyl groups is 3. The molecule has 0 bridgehead atoms. The number of aromatic hydroxyl groups is 1. The van der Waals surface area contributed by atoms with Crippen LogP contribution in [-0.2, 0) is 25.6 Å². The highest BCUT2D eigenvalue weighted by molar-refractivity contribution is 6.25. The summed E-state index contributed by atoms with van der Waals surface area (Å²) in [7, 11) is 4.44. The topological polar surface area (TPSA) is 212 Å². The minimum atomic E-state index is -2.71. The maximum absolute atomic E-state index is 13.6. The number of likely N-dealkylation sites (N-methyl/N-ethyl adjacent to an activating group) is 1. The molecule has 0 heterocycles. The van der Waals surface area contributed by atoms with Gasteiger partial charge in [-0.05, 0) is 44.5 Å². The number of phenolic OH excluding ortho intramolecular Hbond substituents is 1. The van der Waals surface area contributed by atoms with Gasteiger partial charge in [0.05, 0.1) is 24.4 Å². The molecule has 3 unspecified atom stereocenters. The van der Waals surface area contributed by atoms with Crippen molar-refractivity contribution in [2.24, 2.45) is 17.6 Å². The van der Waals surface area contributed by atoms with E-state index in [2.05, 4.69) is 15.6 Å². The number of nitrogens with one attached hydrogen (secondary N) is 2. The molecule has 0 fully saturated rings. The molecule has 0 aliphatic heterocycles. The summed E-state index contributed by atoms with van der Waals surface area (Å²) in [5.41, 5.74) is 3.97. The summed E-state index contributed by atoms with van der Waals surface area (Å²) in [5.74, 6) is -7.90. The van der Waals surface area contributed by atoms with E-state index in [4.69, 9.17) is 5.73 Å². The molecule has 1 aromatic rings. The van der Waals surface area contributed by atoms with E-state index in [1.54, 1.807) is 20.2 Å². The fourth-order valence-corrected chi connectivity index (χ4v) is 5.66. The van der Waals surface area contributed by atoms with Gasteiger partial charge in [0.1, 0.15) is 23.6 Å². The Labute approximate surface area is 211 Å². The van der Waals surface area contributed by atoms with Gasteiger partial charge in [-0.1, -0.05) is 6.07 Å². The first-order valence-electron chi connectivity index (χ1n) is 11.4. The molecular formula is C24H28N4O9. The molecule has 3 aliphatic rings. The van der Waals surface area contributed by atoms with Crippen LogP contribution in [0.5, 0.6) is 5.75 Å². The van der Waals surface area contributed by atoms with Crippen LogP contribution in [0.3, 0.4) is 0 Å². The second-order valence-electron chi connectivity index (χ2n) is 9.53. The number of primary amides is 1. The summed E-state index contributed by atoms with van der Waals surface area (Å²) in [6.45, 7) is -0.235. The molecule has 4 atom stereocenters. The van der Waals surface area contributed by atoms with Crippen LogP contribution in [0, 0.1) is 11.8 Å². The monoisotopic (exact) mass is 516 g/mol. The average molecular weight is 517 g/mol. The van der Waals surface area contributed by atoms with Gasteiger partial charge in [0.25, 0.3) is 5.91 Å². The molecule has 0 saturated carbocycles. The summed E-state index contributed by atoms with van der Waals surface area (Å²) in [6.07, 6.45) is 0.148. The summed E-state index contributed by atoms with van der Waals surface area (Å²) >= 11 is 0. The number of nitrogens with two attached hydrogens (primary N) is 1. The predicted molar refractivity (Wildman–Crippen MR) is 127 cm³/mol. The van der Waals surface area contributed by atoms with E-state index in [1.165, 1.54) is 18.1 Å². The van der Waals surface area contributed by atoms with Crippen molar-refractivity contribution in [1.82, 2.24) is 10.4 Å². The van der Waals surface area contributed by atoms with Gasteiger partial charge in [0, 0.05) is 11.5 Å². The SMILES string of the molecule is CONCC(=O)Nc1ccc2c(c1O)C(=O)C1=C(O)C3(O)C(=O)C(C(N)=O)=C(O)[C@@H](N(C)C)C3CC1C2. The Morgan fingerprint density at radius 2 is 1.89 bits per heavy atom. The molecular weight excluding hydrogens is 488 g/mol. The first kappa shape index (κ1) is 26.3. The molecule has 198 valence electrons. The zero-order valence-electron chi connectivity index (χ0n) is 20.4. The van der Waals surface area contributed by atoms with Crippen LogP contribution in [0.15, 0.2) is 34.8 Å². The lowest BCUT2D eigenvalue weighted by Crippen LogP contribution is -2.63. The maximum Gasteiger partial charge on any atom is 0.255 e. The highest BCUT2D eigenvalue weighted by atomic mass is 16.6. The standard InChI is InChI=1S/C24H28N4O9/c1-28(2)17-11-7-10-6-9-4-5-12(27-13(29)8-26-37-3)18(30)14(9)19(31)15(10)21(33)24(11,36)22(34)16(20(17)32)23(25)35/h4-5,10-11,17,26,30,32-33,36H,6-8H2,1-3H3,(H2,25,35)(H,27,29)/t10?,11?,17-,24?/m0/s1. The molecule has 1 aromatic carbocycles. The number of anilines is 1. The van der Waals surface area contributed by atoms with Gasteiger partial charge in [-0.25, -0.2) is 0 Å². The smallest absolute Gasteiger partial charge is 0.255 e. The average Bonchev–Trinajstić information content (AvgIpc) is 2.81. The number of aliphatic hydroxyl groups excluding tert-OH is 2. The van der Waals surface area contributed by atoms with Gasteiger partial charge in [-0.3, -0.25) is 24.1 Å². The number of phenols is 1. The third kappa shape index (κ3) is 3.87. The Morgan fingerprint density at radius 1 is 1.22 bits per heavy atom. The molecule has 0 aromatic heterocycles. The third-order valence-electron chi connectivity index (χ3n) is 7.25. The van der Waals surface area contributed by atoms with Crippen molar-refractivity contribution in [1.29, 1.82) is 0 Å². The van der Waals surface area contributed by atoms with Gasteiger partial charge in [0.2, 0.25) is 11.7 Å². The number of ketones is 2. The fraction of sp³-hybridized carbons (Fsp3) is 0.417. The molecule has 2 amide bonds. The van der Waals surface area contributed by atoms with Crippen LogP contribution < -0.4 is 16.5 Å². The molecule has 0 radical (unpaired) electrons. The normalized spacial score (nSPS) is 27.1. The lowest BCUT2D eigenvalue weighted by Gasteiger charge is -2.50. The molecule has 13 nitrogen and oxygen atoms in total. The van der Waals surface area contributed by atoms with Crippen molar-refractivity contribution in [2.45, 2.75) is 24.5 Å². The van der Waals surface area contributed by atoms with Crippen molar-refractivity contribution in [3.63, 3.8) is 0 Å². The number of allylic oxidation sites excluding steroid dienone is 1. The number of benzene rings is 1. The second kappa shape index (κ2) is 9.27. The lowest BCUT2D eigenvalue weighted by molar-refractivity contribution is -0.148. The van der Waals surface area contributed by atoms with Crippen molar-refractivity contribution in [2.75, 3.05) is 33.1 Å². The Hall–Kier alpha value is -3.78. The molecule has 37 heavy (non-hydrogen) atoms. The number of amides is 2. The van der Waals surface area contributed by atoms with E-state index in [1.807, 2.05) is 0 Å². The van der Waals surface area contributed by atoms with E-state index in [9.17, 15) is 39.6 Å². The minimum absolute atomic E-state index is 0.00625. The molecule has 8 N–H and O–H groups in total. The minimum Gasteiger partial charge on any atom is -0.510 e. The molecule has 3 aliphatic carbocycles. The Bertz CT molecular complexity index is 1290. The number of hydrogen-bond donors (Lipinski definition) is 7. The summed E-state index contributed by atoms with van der Waals surface area (Å²) < 4.78 is 0. The fourth-order valence-electron chi connectivity index (χ4n) is 5.66. The zero-order chi connectivity index (χ0) is 27.4. The summed E-state index contributed by atoms with van der Waals surface area (Å²) in [6, 6.07) is 1.93. The third-order valence-corrected chi connectivity index (χ3v) is 7.25. The number of hydroxylamine groups is 1. The van der Waals surface area contributed by atoms with Crippen LogP contribution in [-0.4, -0.2) is 88.1 Å². The summed E-state index contributed by atoms with van der Waals surface area (Å²) in [4.78, 5) is 57.0. The summed E-state index contributed by atoms with van der Waals surface area (Å²) in [5, 5.41) is 46.9. The number of rotatable bonds is 6. The van der Waals surface area contributed by atoms with Crippen molar-refractivity contribution < 1.29 is 44.4 Å². The highest BCUT2D eigenvalue weighted by Crippen LogP contribution is 2.52. The number of carbonyl (C=O) groups excluding carboxylic acids is 4. The maximum atomic E-state index is 13.6. The highest BCUT2D eigenvalue weighted by Gasteiger charge is 2.63. The van der Waals surface area contributed by atoms with Gasteiger partial charge in [0.15, 0.2) is 17.1 Å². The molecule has 0 saturated heterocycles. The van der Waals surface area contributed by atoms with Crippen LogP contribution in [0.2, 0.25) is 0 Å². The zero-order valence-corrected chi connectivity index (χ0v) is 20.4. The van der Waals surface area contributed by atoms with Gasteiger partial charge in [-0.15, -0.1) is 0 Å². The molecule has 0 spiro atoms. The van der Waals surface area contributed by atoms with E-state index in [-0.39, 0.29) is 36.2 Å². The van der Waals surface area contributed by atoms with Crippen LogP contribution in [0.1, 0.15) is 22.3 Å². The Balaban J connectivity index is 1.83. The van der Waals surface area contributed by atoms with E-state index in [0.717, 1.165) is 0 Å². The molecule has 13 heteroatoms. The first-order chi connectivity index (χ1) is 17.4. The van der Waals surface area contributed by atoms with Crippen LogP contribution in [0.25, 0.3) is 0 Å². The van der Waals surface area contributed by atoms with Crippen LogP contribution >= 0.6 is 0 Å². The number of fused-ring (bicyclic) bond motifs is 3. The van der Waals surface area contributed by atoms with Gasteiger partial charge >= 0.3 is 0 Å². The van der Waals surface area contributed by atoms with E-state index >= 15 is 0 Å². The van der Waals surface area contributed by atoms with Crippen molar-refractivity contribution in [3.05, 3.63) is 45.9 Å². The largest absolute Gasteiger partial charge is 0.510 e. The van der Waals surface area contributed by atoms with E-state index in [0.29, 0.717) is 5.56 Å². The Kier molecular flexibility index (Phi) is 6.58. The van der Waals surface area contributed by atoms with Gasteiger partial charge < -0.3 is 36.3 Å². The van der Waals surface area contributed by atoms with Crippen molar-refractivity contribution in [3.8, 4) is 5.75 Å². The van der Waals surface area contributed by atoms with Crippen molar-refractivity contribution >= 4 is 29.1 Å². The number of Topliss-reactive ketones (excluding diaryl/α,β-unsaturated/α-hetero) is 2. The lowest BCUT2D eigenvalue weighted by atomic mass is 9.58. The quantitative estimate of drug-likeness (QED) is 0.141. The predicted octanol–water partition coefficient (Wildman–Crippen LogP) is -0.790. The molecule has 4 rings (SSSR count).